The summed E-state index contributed by atoms with van der Waals surface area (Å²) >= 11 is 5.14. The van der Waals surface area contributed by atoms with Crippen molar-refractivity contribution < 1.29 is 14.3 Å². The fourth-order valence-corrected chi connectivity index (χ4v) is 2.21. The summed E-state index contributed by atoms with van der Waals surface area (Å²) in [6.45, 7) is 3.73. The largest absolute Gasteiger partial charge is 0.414 e. The topological polar surface area (TPSA) is 46.6 Å². The minimum Gasteiger partial charge on any atom is -0.414 e. The Hall–Kier alpha value is -1.55. The van der Waals surface area contributed by atoms with Gasteiger partial charge in [-0.3, -0.25) is 4.79 Å². The van der Waals surface area contributed by atoms with E-state index in [-0.39, 0.29) is 5.91 Å². The summed E-state index contributed by atoms with van der Waals surface area (Å²) in [4.78, 5) is 24.2. The standard InChI is InChI=1S/C12H12ClNO3/c1-12(2)8-5-4-7(17-11(13)16)6-9(8)14(3)10(12)15/h4-6H,1-3H3. The van der Waals surface area contributed by atoms with Crippen molar-refractivity contribution in [2.24, 2.45) is 0 Å². The maximum absolute atomic E-state index is 12.0. The van der Waals surface area contributed by atoms with Gasteiger partial charge in [-0.15, -0.1) is 0 Å². The lowest BCUT2D eigenvalue weighted by atomic mass is 9.86. The van der Waals surface area contributed by atoms with Crippen molar-refractivity contribution in [2.75, 3.05) is 11.9 Å². The number of nitrogens with zero attached hydrogens (tertiary/aromatic N) is 1. The summed E-state index contributed by atoms with van der Waals surface area (Å²) in [6, 6.07) is 5.06. The molecule has 1 aliphatic rings. The van der Waals surface area contributed by atoms with Gasteiger partial charge in [-0.05, 0) is 25.5 Å². The molecule has 0 radical (unpaired) electrons. The SMILES string of the molecule is CN1C(=O)C(C)(C)c2ccc(OC(=O)Cl)cc21. The van der Waals surface area contributed by atoms with Crippen LogP contribution in [0.2, 0.25) is 0 Å². The Morgan fingerprint density at radius 1 is 1.41 bits per heavy atom. The first kappa shape index (κ1) is 11.9. The molecule has 0 saturated heterocycles. The van der Waals surface area contributed by atoms with E-state index in [0.29, 0.717) is 5.75 Å². The predicted molar refractivity (Wildman–Crippen MR) is 64.8 cm³/mol. The zero-order valence-corrected chi connectivity index (χ0v) is 10.5. The summed E-state index contributed by atoms with van der Waals surface area (Å²) in [7, 11) is 1.70. The Morgan fingerprint density at radius 2 is 2.06 bits per heavy atom. The second-order valence-corrected chi connectivity index (χ2v) is 4.82. The van der Waals surface area contributed by atoms with Crippen LogP contribution < -0.4 is 9.64 Å². The number of hydrogen-bond acceptors (Lipinski definition) is 3. The summed E-state index contributed by atoms with van der Waals surface area (Å²) in [5, 5.41) is 0. The number of ether oxygens (including phenoxy) is 1. The maximum atomic E-state index is 12.0. The minimum absolute atomic E-state index is 0.0156. The lowest BCUT2D eigenvalue weighted by Gasteiger charge is -2.16. The Morgan fingerprint density at radius 3 is 2.65 bits per heavy atom. The molecule has 17 heavy (non-hydrogen) atoms. The highest BCUT2D eigenvalue weighted by molar-refractivity contribution is 6.61. The van der Waals surface area contributed by atoms with Gasteiger partial charge in [-0.2, -0.15) is 0 Å². The van der Waals surface area contributed by atoms with Crippen molar-refractivity contribution in [1.29, 1.82) is 0 Å². The molecule has 0 fully saturated rings. The van der Waals surface area contributed by atoms with E-state index in [4.69, 9.17) is 16.3 Å². The van der Waals surface area contributed by atoms with Crippen molar-refractivity contribution in [3.63, 3.8) is 0 Å². The number of halogens is 1. The zero-order chi connectivity index (χ0) is 12.8. The van der Waals surface area contributed by atoms with E-state index in [2.05, 4.69) is 0 Å². The molecule has 0 unspecified atom stereocenters. The molecule has 1 aliphatic heterocycles. The molecule has 0 aliphatic carbocycles. The first-order valence-corrected chi connectivity index (χ1v) is 5.52. The number of benzene rings is 1. The smallest absolute Gasteiger partial charge is 0.409 e. The molecule has 0 bridgehead atoms. The third-order valence-electron chi connectivity index (χ3n) is 3.04. The third-order valence-corrected chi connectivity index (χ3v) is 3.12. The lowest BCUT2D eigenvalue weighted by molar-refractivity contribution is -0.121. The molecule has 0 spiro atoms. The van der Waals surface area contributed by atoms with Crippen molar-refractivity contribution in [1.82, 2.24) is 0 Å². The van der Waals surface area contributed by atoms with E-state index in [9.17, 15) is 9.59 Å². The van der Waals surface area contributed by atoms with E-state index in [1.807, 2.05) is 13.8 Å². The fraction of sp³-hybridized carbons (Fsp3) is 0.333. The average Bonchev–Trinajstić information content (AvgIpc) is 2.40. The van der Waals surface area contributed by atoms with Crippen LogP contribution in [-0.2, 0) is 10.2 Å². The van der Waals surface area contributed by atoms with E-state index >= 15 is 0 Å². The molecule has 0 saturated carbocycles. The fourth-order valence-electron chi connectivity index (χ4n) is 2.12. The normalized spacial score (nSPS) is 16.9. The molecule has 1 aromatic rings. The van der Waals surface area contributed by atoms with Gasteiger partial charge in [0.05, 0.1) is 11.1 Å². The molecule has 0 aromatic heterocycles. The van der Waals surface area contributed by atoms with E-state index in [1.165, 1.54) is 0 Å². The molecule has 2 rings (SSSR count). The highest BCUT2D eigenvalue weighted by atomic mass is 35.5. The predicted octanol–water partition coefficient (Wildman–Crippen LogP) is 2.68. The van der Waals surface area contributed by atoms with Crippen LogP contribution in [0.3, 0.4) is 0 Å². The average molecular weight is 254 g/mol. The molecule has 0 atom stereocenters. The van der Waals surface area contributed by atoms with Crippen molar-refractivity contribution in [2.45, 2.75) is 19.3 Å². The van der Waals surface area contributed by atoms with E-state index in [0.717, 1.165) is 11.3 Å². The van der Waals surface area contributed by atoms with Gasteiger partial charge in [0.25, 0.3) is 0 Å². The first-order chi connectivity index (χ1) is 7.84. The van der Waals surface area contributed by atoms with Gasteiger partial charge < -0.3 is 9.64 Å². The van der Waals surface area contributed by atoms with E-state index in [1.54, 1.807) is 30.1 Å². The number of carbonyl (C=O) groups is 2. The molecule has 4 nitrogen and oxygen atoms in total. The Kier molecular flexibility index (Phi) is 2.62. The highest BCUT2D eigenvalue weighted by Gasteiger charge is 2.42. The number of amides is 1. The zero-order valence-electron chi connectivity index (χ0n) is 9.78. The maximum Gasteiger partial charge on any atom is 0.409 e. The van der Waals surface area contributed by atoms with Crippen LogP contribution in [0.25, 0.3) is 0 Å². The Bertz CT molecular complexity index is 510. The molecule has 0 N–H and O–H groups in total. The number of likely N-dealkylation sites (N-methyl/N-ethyl adjacent to an activating group) is 1. The van der Waals surface area contributed by atoms with Gasteiger partial charge in [0.15, 0.2) is 0 Å². The number of carbonyl (C=O) groups excluding carboxylic acids is 2. The van der Waals surface area contributed by atoms with Crippen LogP contribution in [0.5, 0.6) is 5.75 Å². The second kappa shape index (κ2) is 3.74. The van der Waals surface area contributed by atoms with Gasteiger partial charge >= 0.3 is 5.43 Å². The highest BCUT2D eigenvalue weighted by Crippen LogP contribution is 2.42. The first-order valence-electron chi connectivity index (χ1n) is 5.14. The van der Waals surface area contributed by atoms with Crippen LogP contribution in [0.4, 0.5) is 10.5 Å². The third kappa shape index (κ3) is 1.78. The summed E-state index contributed by atoms with van der Waals surface area (Å²) in [5.74, 6) is 0.350. The molecule has 90 valence electrons. The quantitative estimate of drug-likeness (QED) is 0.723. The molecule has 1 heterocycles. The number of anilines is 1. The van der Waals surface area contributed by atoms with Crippen molar-refractivity contribution in [3.8, 4) is 5.75 Å². The monoisotopic (exact) mass is 253 g/mol. The van der Waals surface area contributed by atoms with Gasteiger partial charge in [-0.25, -0.2) is 4.79 Å². The van der Waals surface area contributed by atoms with Gasteiger partial charge in [0.2, 0.25) is 5.91 Å². The van der Waals surface area contributed by atoms with Crippen LogP contribution in [0.1, 0.15) is 19.4 Å². The van der Waals surface area contributed by atoms with Crippen LogP contribution >= 0.6 is 11.6 Å². The Labute approximate surface area is 104 Å². The van der Waals surface area contributed by atoms with Crippen LogP contribution in [0, 0.1) is 0 Å². The Balaban J connectivity index is 2.49. The summed E-state index contributed by atoms with van der Waals surface area (Å²) in [6.07, 6.45) is 0. The van der Waals surface area contributed by atoms with Gasteiger partial charge in [0.1, 0.15) is 5.75 Å². The lowest BCUT2D eigenvalue weighted by Crippen LogP contribution is -2.33. The molecule has 1 aromatic carbocycles. The summed E-state index contributed by atoms with van der Waals surface area (Å²) < 4.78 is 4.78. The van der Waals surface area contributed by atoms with Gasteiger partial charge in [0, 0.05) is 24.7 Å². The molecular weight excluding hydrogens is 242 g/mol. The molecular formula is C12H12ClNO3. The van der Waals surface area contributed by atoms with Gasteiger partial charge in [-0.1, -0.05) is 6.07 Å². The van der Waals surface area contributed by atoms with Crippen molar-refractivity contribution in [3.05, 3.63) is 23.8 Å². The molecule has 1 amide bonds. The van der Waals surface area contributed by atoms with Crippen molar-refractivity contribution >= 4 is 28.6 Å². The number of rotatable bonds is 1. The second-order valence-electron chi connectivity index (χ2n) is 4.51. The number of fused-ring (bicyclic) bond motifs is 1. The van der Waals surface area contributed by atoms with E-state index < -0.39 is 10.8 Å². The van der Waals surface area contributed by atoms with Crippen LogP contribution in [0.15, 0.2) is 18.2 Å². The summed E-state index contributed by atoms with van der Waals surface area (Å²) in [5.41, 5.74) is 0.221. The molecule has 5 heteroatoms. The van der Waals surface area contributed by atoms with Crippen LogP contribution in [-0.4, -0.2) is 18.4 Å². The number of hydrogen-bond donors (Lipinski definition) is 0. The minimum atomic E-state index is -0.892.